The average Bonchev–Trinajstić information content (AvgIpc) is 3.24. The third kappa shape index (κ3) is 2.87. The van der Waals surface area contributed by atoms with Gasteiger partial charge in [-0.1, -0.05) is 0 Å². The number of epoxide rings is 1. The van der Waals surface area contributed by atoms with Crippen molar-refractivity contribution in [2.45, 2.75) is 38.6 Å². The molecule has 3 rings (SSSR count). The SMILES string of the molecule is COc1ccc2nccc(C3OC3C(=O)OC(C)(C)C)c2n1. The third-order valence-electron chi connectivity index (χ3n) is 3.24. The first-order valence-electron chi connectivity index (χ1n) is 7.07. The number of esters is 1. The predicted molar refractivity (Wildman–Crippen MR) is 79.5 cm³/mol. The zero-order valence-corrected chi connectivity index (χ0v) is 13.0. The number of ether oxygens (including phenoxy) is 3. The van der Waals surface area contributed by atoms with Gasteiger partial charge in [-0.3, -0.25) is 4.98 Å². The van der Waals surface area contributed by atoms with Gasteiger partial charge in [-0.2, -0.15) is 0 Å². The van der Waals surface area contributed by atoms with Gasteiger partial charge < -0.3 is 14.2 Å². The maximum Gasteiger partial charge on any atom is 0.338 e. The van der Waals surface area contributed by atoms with Gasteiger partial charge >= 0.3 is 5.97 Å². The van der Waals surface area contributed by atoms with Crippen molar-refractivity contribution in [3.8, 4) is 5.88 Å². The maximum atomic E-state index is 12.1. The van der Waals surface area contributed by atoms with E-state index in [0.29, 0.717) is 11.4 Å². The van der Waals surface area contributed by atoms with Crippen molar-refractivity contribution in [1.82, 2.24) is 9.97 Å². The number of methoxy groups -OCH3 is 1. The highest BCUT2D eigenvalue weighted by Crippen LogP contribution is 2.42. The molecule has 2 aromatic heterocycles. The minimum Gasteiger partial charge on any atom is -0.481 e. The van der Waals surface area contributed by atoms with E-state index in [9.17, 15) is 4.79 Å². The van der Waals surface area contributed by atoms with Crippen LogP contribution < -0.4 is 4.74 Å². The summed E-state index contributed by atoms with van der Waals surface area (Å²) in [6, 6.07) is 5.39. The van der Waals surface area contributed by atoms with E-state index in [-0.39, 0.29) is 12.1 Å². The van der Waals surface area contributed by atoms with Crippen LogP contribution in [0.4, 0.5) is 0 Å². The number of hydrogen-bond acceptors (Lipinski definition) is 6. The van der Waals surface area contributed by atoms with E-state index in [4.69, 9.17) is 14.2 Å². The molecule has 6 nitrogen and oxygen atoms in total. The molecule has 0 bridgehead atoms. The Morgan fingerprint density at radius 3 is 2.73 bits per heavy atom. The summed E-state index contributed by atoms with van der Waals surface area (Å²) in [7, 11) is 1.56. The number of hydrogen-bond donors (Lipinski definition) is 0. The van der Waals surface area contributed by atoms with Crippen LogP contribution in [0.15, 0.2) is 24.4 Å². The lowest BCUT2D eigenvalue weighted by molar-refractivity contribution is -0.156. The fourth-order valence-electron chi connectivity index (χ4n) is 2.26. The number of carbonyl (C=O) groups excluding carboxylic acids is 1. The summed E-state index contributed by atoms with van der Waals surface area (Å²) in [5.41, 5.74) is 1.70. The molecule has 0 N–H and O–H groups in total. The van der Waals surface area contributed by atoms with E-state index in [2.05, 4.69) is 9.97 Å². The van der Waals surface area contributed by atoms with E-state index in [0.717, 1.165) is 11.1 Å². The van der Waals surface area contributed by atoms with Crippen molar-refractivity contribution in [1.29, 1.82) is 0 Å². The highest BCUT2D eigenvalue weighted by Gasteiger charge is 2.49. The van der Waals surface area contributed by atoms with Crippen LogP contribution in [0.1, 0.15) is 32.4 Å². The van der Waals surface area contributed by atoms with Crippen molar-refractivity contribution < 1.29 is 19.0 Å². The first-order chi connectivity index (χ1) is 10.4. The van der Waals surface area contributed by atoms with E-state index >= 15 is 0 Å². The average molecular weight is 302 g/mol. The summed E-state index contributed by atoms with van der Waals surface area (Å²) in [4.78, 5) is 20.7. The van der Waals surface area contributed by atoms with Gasteiger partial charge in [0.1, 0.15) is 11.7 Å². The quantitative estimate of drug-likeness (QED) is 0.640. The summed E-state index contributed by atoms with van der Waals surface area (Å²) >= 11 is 0. The normalized spacial score (nSPS) is 20.7. The first kappa shape index (κ1) is 14.7. The Kier molecular flexibility index (Phi) is 3.48. The van der Waals surface area contributed by atoms with E-state index in [1.54, 1.807) is 19.4 Å². The van der Waals surface area contributed by atoms with E-state index in [1.807, 2.05) is 32.9 Å². The molecule has 1 aliphatic heterocycles. The zero-order chi connectivity index (χ0) is 15.9. The monoisotopic (exact) mass is 302 g/mol. The van der Waals surface area contributed by atoms with Crippen LogP contribution in [0.5, 0.6) is 5.88 Å². The van der Waals surface area contributed by atoms with Crippen molar-refractivity contribution in [2.75, 3.05) is 7.11 Å². The van der Waals surface area contributed by atoms with Gasteiger partial charge in [-0.05, 0) is 32.9 Å². The Morgan fingerprint density at radius 2 is 2.05 bits per heavy atom. The molecule has 22 heavy (non-hydrogen) atoms. The fraction of sp³-hybridized carbons (Fsp3) is 0.438. The molecule has 0 radical (unpaired) electrons. The summed E-state index contributed by atoms with van der Waals surface area (Å²) < 4.78 is 16.0. The van der Waals surface area contributed by atoms with E-state index in [1.165, 1.54) is 0 Å². The molecule has 0 spiro atoms. The molecule has 2 aromatic rings. The molecule has 0 aromatic carbocycles. The topological polar surface area (TPSA) is 73.8 Å². The summed E-state index contributed by atoms with van der Waals surface area (Å²) in [6.45, 7) is 5.49. The Balaban J connectivity index is 1.88. The Bertz CT molecular complexity index is 724. The number of pyridine rings is 2. The smallest absolute Gasteiger partial charge is 0.338 e. The molecule has 1 aliphatic rings. The highest BCUT2D eigenvalue weighted by molar-refractivity contribution is 5.83. The lowest BCUT2D eigenvalue weighted by Crippen LogP contribution is -2.26. The lowest BCUT2D eigenvalue weighted by atomic mass is 10.1. The second-order valence-electron chi connectivity index (χ2n) is 6.13. The Morgan fingerprint density at radius 1 is 1.27 bits per heavy atom. The van der Waals surface area contributed by atoms with Gasteiger partial charge in [0, 0.05) is 17.8 Å². The molecule has 6 heteroatoms. The molecule has 2 atom stereocenters. The molecule has 1 fully saturated rings. The minimum atomic E-state index is -0.585. The van der Waals surface area contributed by atoms with Gasteiger partial charge in [0.05, 0.1) is 18.1 Å². The fourth-order valence-corrected chi connectivity index (χ4v) is 2.26. The molecule has 2 unspecified atom stereocenters. The van der Waals surface area contributed by atoms with Crippen LogP contribution in [0.25, 0.3) is 11.0 Å². The van der Waals surface area contributed by atoms with Gasteiger partial charge in [-0.25, -0.2) is 9.78 Å². The summed E-state index contributed by atoms with van der Waals surface area (Å²) in [5, 5.41) is 0. The van der Waals surface area contributed by atoms with E-state index < -0.39 is 11.7 Å². The van der Waals surface area contributed by atoms with Gasteiger partial charge in [-0.15, -0.1) is 0 Å². The summed E-state index contributed by atoms with van der Waals surface area (Å²) in [5.74, 6) is 0.140. The van der Waals surface area contributed by atoms with Crippen molar-refractivity contribution in [2.24, 2.45) is 0 Å². The zero-order valence-electron chi connectivity index (χ0n) is 13.0. The molecular weight excluding hydrogens is 284 g/mol. The number of nitrogens with zero attached hydrogens (tertiary/aromatic N) is 2. The molecule has 0 saturated carbocycles. The largest absolute Gasteiger partial charge is 0.481 e. The second-order valence-corrected chi connectivity index (χ2v) is 6.13. The molecule has 0 amide bonds. The van der Waals surface area contributed by atoms with Crippen LogP contribution >= 0.6 is 0 Å². The molecule has 1 saturated heterocycles. The first-order valence-corrected chi connectivity index (χ1v) is 7.07. The van der Waals surface area contributed by atoms with Gasteiger partial charge in [0.15, 0.2) is 6.10 Å². The maximum absolute atomic E-state index is 12.1. The number of fused-ring (bicyclic) bond motifs is 1. The lowest BCUT2D eigenvalue weighted by Gasteiger charge is -2.18. The third-order valence-corrected chi connectivity index (χ3v) is 3.24. The summed E-state index contributed by atoms with van der Waals surface area (Å²) in [6.07, 6.45) is 0.748. The minimum absolute atomic E-state index is 0.347. The van der Waals surface area contributed by atoms with Gasteiger partial charge in [0.25, 0.3) is 0 Å². The van der Waals surface area contributed by atoms with Crippen molar-refractivity contribution in [3.63, 3.8) is 0 Å². The molecule has 3 heterocycles. The number of rotatable bonds is 3. The Hall–Kier alpha value is -2.21. The number of carbonyl (C=O) groups is 1. The molecule has 0 aliphatic carbocycles. The highest BCUT2D eigenvalue weighted by atomic mass is 16.6. The van der Waals surface area contributed by atoms with Crippen LogP contribution in [-0.2, 0) is 14.3 Å². The van der Waals surface area contributed by atoms with Crippen LogP contribution in [0, 0.1) is 0 Å². The predicted octanol–water partition coefficient (Wildman–Crippen LogP) is 2.42. The standard InChI is InChI=1S/C16H18N2O4/c1-16(2,3)22-15(19)14-13(21-14)9-7-8-17-10-5-6-11(20-4)18-12(9)10/h5-8,13-14H,1-4H3. The van der Waals surface area contributed by atoms with Crippen LogP contribution in [-0.4, -0.2) is 34.8 Å². The van der Waals surface area contributed by atoms with Crippen LogP contribution in [0.3, 0.4) is 0 Å². The molecular formula is C16H18N2O4. The van der Waals surface area contributed by atoms with Crippen molar-refractivity contribution >= 4 is 17.0 Å². The second kappa shape index (κ2) is 5.21. The van der Waals surface area contributed by atoms with Gasteiger partial charge in [0.2, 0.25) is 5.88 Å². The molecule has 116 valence electrons. The van der Waals surface area contributed by atoms with Crippen LogP contribution in [0.2, 0.25) is 0 Å². The number of aromatic nitrogens is 2. The van der Waals surface area contributed by atoms with Crippen molar-refractivity contribution in [3.05, 3.63) is 30.0 Å². The Labute approximate surface area is 128 Å².